The highest BCUT2D eigenvalue weighted by atomic mass is 35.5. The van der Waals surface area contributed by atoms with Crippen LogP contribution in [0.5, 0.6) is 0 Å². The molecule has 1 saturated heterocycles. The van der Waals surface area contributed by atoms with Gasteiger partial charge in [-0.25, -0.2) is 0 Å². The number of likely N-dealkylation sites (N-methyl/N-ethyl adjacent to an activating group) is 1. The fourth-order valence-electron chi connectivity index (χ4n) is 2.43. The van der Waals surface area contributed by atoms with E-state index in [-0.39, 0.29) is 18.3 Å². The van der Waals surface area contributed by atoms with Crippen LogP contribution in [0.4, 0.5) is 0 Å². The van der Waals surface area contributed by atoms with E-state index in [0.717, 1.165) is 18.7 Å². The molecule has 3 nitrogen and oxygen atoms in total. The standard InChI is InChI=1S/C15H22N2O.ClH/c1-17(2)15(18)10-12-5-3-6-13(9-12)14-7-4-8-16-11-14;/h3,5-6,9,14,16H,4,7-8,10-11H2,1-2H3;1H. The van der Waals surface area contributed by atoms with E-state index in [4.69, 9.17) is 0 Å². The van der Waals surface area contributed by atoms with E-state index >= 15 is 0 Å². The van der Waals surface area contributed by atoms with E-state index in [9.17, 15) is 4.79 Å². The fourth-order valence-corrected chi connectivity index (χ4v) is 2.43. The summed E-state index contributed by atoms with van der Waals surface area (Å²) in [7, 11) is 3.61. The Morgan fingerprint density at radius 1 is 1.42 bits per heavy atom. The van der Waals surface area contributed by atoms with Crippen LogP contribution in [-0.2, 0) is 11.2 Å². The van der Waals surface area contributed by atoms with Crippen molar-refractivity contribution in [2.24, 2.45) is 0 Å². The number of halogens is 1. The van der Waals surface area contributed by atoms with Crippen molar-refractivity contribution in [1.29, 1.82) is 0 Å². The molecule has 19 heavy (non-hydrogen) atoms. The zero-order chi connectivity index (χ0) is 13.0. The van der Waals surface area contributed by atoms with Gasteiger partial charge in [0.1, 0.15) is 0 Å². The lowest BCUT2D eigenvalue weighted by Crippen LogP contribution is -2.28. The summed E-state index contributed by atoms with van der Waals surface area (Å²) in [5.41, 5.74) is 2.49. The number of hydrogen-bond donors (Lipinski definition) is 1. The van der Waals surface area contributed by atoms with Crippen molar-refractivity contribution in [2.45, 2.75) is 25.2 Å². The Kier molecular flexibility index (Phi) is 6.32. The Bertz CT molecular complexity index is 414. The summed E-state index contributed by atoms with van der Waals surface area (Å²) in [5.74, 6) is 0.766. The highest BCUT2D eigenvalue weighted by Crippen LogP contribution is 2.24. The molecule has 0 aliphatic carbocycles. The van der Waals surface area contributed by atoms with Gasteiger partial charge >= 0.3 is 0 Å². The lowest BCUT2D eigenvalue weighted by atomic mass is 9.90. The molecule has 1 aromatic rings. The third-order valence-electron chi connectivity index (χ3n) is 3.57. The van der Waals surface area contributed by atoms with Gasteiger partial charge in [0.05, 0.1) is 6.42 Å². The third kappa shape index (κ3) is 4.51. The number of benzene rings is 1. The Labute approximate surface area is 121 Å². The molecular formula is C15H23ClN2O. The van der Waals surface area contributed by atoms with Crippen LogP contribution in [-0.4, -0.2) is 38.0 Å². The van der Waals surface area contributed by atoms with Crippen LogP contribution >= 0.6 is 12.4 Å². The Morgan fingerprint density at radius 2 is 2.21 bits per heavy atom. The highest BCUT2D eigenvalue weighted by molar-refractivity contribution is 5.85. The second-order valence-electron chi connectivity index (χ2n) is 5.25. The molecular weight excluding hydrogens is 260 g/mol. The fraction of sp³-hybridized carbons (Fsp3) is 0.533. The summed E-state index contributed by atoms with van der Waals surface area (Å²) in [4.78, 5) is 13.4. The van der Waals surface area contributed by atoms with Gasteiger partial charge in [0.25, 0.3) is 0 Å². The maximum atomic E-state index is 11.7. The zero-order valence-electron chi connectivity index (χ0n) is 11.7. The van der Waals surface area contributed by atoms with Crippen molar-refractivity contribution in [2.75, 3.05) is 27.2 Å². The second kappa shape index (κ2) is 7.51. The predicted molar refractivity (Wildman–Crippen MR) is 80.9 cm³/mol. The van der Waals surface area contributed by atoms with E-state index in [1.54, 1.807) is 19.0 Å². The second-order valence-corrected chi connectivity index (χ2v) is 5.25. The number of carbonyl (C=O) groups is 1. The minimum atomic E-state index is 0. The smallest absolute Gasteiger partial charge is 0.226 e. The van der Waals surface area contributed by atoms with Gasteiger partial charge in [-0.15, -0.1) is 12.4 Å². The van der Waals surface area contributed by atoms with Crippen LogP contribution in [0.15, 0.2) is 24.3 Å². The average molecular weight is 283 g/mol. The predicted octanol–water partition coefficient (Wildman–Crippen LogP) is 2.21. The summed E-state index contributed by atoms with van der Waals surface area (Å²) in [6.45, 7) is 2.19. The van der Waals surface area contributed by atoms with Crippen molar-refractivity contribution in [3.8, 4) is 0 Å². The van der Waals surface area contributed by atoms with Gasteiger partial charge in [-0.05, 0) is 36.4 Å². The number of rotatable bonds is 3. The quantitative estimate of drug-likeness (QED) is 0.922. The number of hydrogen-bond acceptors (Lipinski definition) is 2. The number of nitrogens with one attached hydrogen (secondary N) is 1. The van der Waals surface area contributed by atoms with E-state index in [0.29, 0.717) is 12.3 Å². The minimum Gasteiger partial charge on any atom is -0.349 e. The number of carbonyl (C=O) groups excluding carboxylic acids is 1. The first kappa shape index (κ1) is 16.0. The molecule has 106 valence electrons. The van der Waals surface area contributed by atoms with Gasteiger partial charge in [-0.1, -0.05) is 24.3 Å². The summed E-state index contributed by atoms with van der Waals surface area (Å²) in [6.07, 6.45) is 2.99. The monoisotopic (exact) mass is 282 g/mol. The van der Waals surface area contributed by atoms with E-state index in [1.807, 2.05) is 6.07 Å². The van der Waals surface area contributed by atoms with E-state index < -0.39 is 0 Å². The lowest BCUT2D eigenvalue weighted by Gasteiger charge is -2.23. The maximum Gasteiger partial charge on any atom is 0.226 e. The van der Waals surface area contributed by atoms with Crippen LogP contribution < -0.4 is 5.32 Å². The number of nitrogens with zero attached hydrogens (tertiary/aromatic N) is 1. The number of piperidine rings is 1. The molecule has 1 atom stereocenters. The average Bonchev–Trinajstić information content (AvgIpc) is 2.40. The molecule has 1 fully saturated rings. The Balaban J connectivity index is 0.00000180. The molecule has 1 aliphatic heterocycles. The Morgan fingerprint density at radius 3 is 2.84 bits per heavy atom. The van der Waals surface area contributed by atoms with Crippen LogP contribution in [0.3, 0.4) is 0 Å². The van der Waals surface area contributed by atoms with Crippen molar-refractivity contribution in [3.63, 3.8) is 0 Å². The maximum absolute atomic E-state index is 11.7. The molecule has 0 radical (unpaired) electrons. The molecule has 1 aromatic carbocycles. The molecule has 1 N–H and O–H groups in total. The molecule has 1 heterocycles. The van der Waals surface area contributed by atoms with Crippen LogP contribution in [0, 0.1) is 0 Å². The third-order valence-corrected chi connectivity index (χ3v) is 3.57. The SMILES string of the molecule is CN(C)C(=O)Cc1cccc(C2CCCNC2)c1.Cl. The first-order valence-electron chi connectivity index (χ1n) is 6.66. The molecule has 1 aliphatic rings. The van der Waals surface area contributed by atoms with Gasteiger partial charge in [0, 0.05) is 20.6 Å². The molecule has 1 unspecified atom stereocenters. The van der Waals surface area contributed by atoms with Gasteiger partial charge < -0.3 is 10.2 Å². The largest absolute Gasteiger partial charge is 0.349 e. The van der Waals surface area contributed by atoms with Crippen molar-refractivity contribution in [1.82, 2.24) is 10.2 Å². The summed E-state index contributed by atoms with van der Waals surface area (Å²) >= 11 is 0. The normalized spacial score (nSPS) is 18.5. The molecule has 0 aromatic heterocycles. The van der Waals surface area contributed by atoms with E-state index in [2.05, 4.69) is 23.5 Å². The summed E-state index contributed by atoms with van der Waals surface area (Å²) in [6, 6.07) is 8.49. The van der Waals surface area contributed by atoms with Crippen molar-refractivity contribution < 1.29 is 4.79 Å². The van der Waals surface area contributed by atoms with Gasteiger partial charge in [0.2, 0.25) is 5.91 Å². The van der Waals surface area contributed by atoms with Gasteiger partial charge in [-0.3, -0.25) is 4.79 Å². The molecule has 2 rings (SSSR count). The van der Waals surface area contributed by atoms with Crippen LogP contribution in [0.2, 0.25) is 0 Å². The zero-order valence-corrected chi connectivity index (χ0v) is 12.5. The molecule has 0 spiro atoms. The Hall–Kier alpha value is -1.06. The number of amides is 1. The topological polar surface area (TPSA) is 32.3 Å². The highest BCUT2D eigenvalue weighted by Gasteiger charge is 2.15. The van der Waals surface area contributed by atoms with Gasteiger partial charge in [0.15, 0.2) is 0 Å². The van der Waals surface area contributed by atoms with Crippen molar-refractivity contribution >= 4 is 18.3 Å². The van der Waals surface area contributed by atoms with Crippen molar-refractivity contribution in [3.05, 3.63) is 35.4 Å². The van der Waals surface area contributed by atoms with E-state index in [1.165, 1.54) is 18.4 Å². The summed E-state index contributed by atoms with van der Waals surface area (Å²) < 4.78 is 0. The molecule has 0 saturated carbocycles. The molecule has 4 heteroatoms. The first-order chi connectivity index (χ1) is 8.66. The molecule has 1 amide bonds. The van der Waals surface area contributed by atoms with Crippen LogP contribution in [0.1, 0.15) is 29.9 Å². The minimum absolute atomic E-state index is 0. The lowest BCUT2D eigenvalue weighted by molar-refractivity contribution is -0.127. The molecule has 0 bridgehead atoms. The van der Waals surface area contributed by atoms with Gasteiger partial charge in [-0.2, -0.15) is 0 Å². The first-order valence-corrected chi connectivity index (χ1v) is 6.66. The van der Waals surface area contributed by atoms with Crippen LogP contribution in [0.25, 0.3) is 0 Å². The summed E-state index contributed by atoms with van der Waals surface area (Å²) in [5, 5.41) is 3.44.